The van der Waals surface area contributed by atoms with Gasteiger partial charge in [-0.2, -0.15) is 0 Å². The normalized spacial score (nSPS) is 8.57. The summed E-state index contributed by atoms with van der Waals surface area (Å²) in [6.45, 7) is 0. The average molecular weight is 208 g/mol. The van der Waals surface area contributed by atoms with E-state index in [0.29, 0.717) is 0 Å². The molecule has 0 bridgehead atoms. The summed E-state index contributed by atoms with van der Waals surface area (Å²) in [5, 5.41) is 0. The van der Waals surface area contributed by atoms with Gasteiger partial charge < -0.3 is 19.2 Å². The van der Waals surface area contributed by atoms with E-state index in [1.165, 1.54) is 0 Å². The Kier molecular flexibility index (Phi) is 11.7. The minimum absolute atomic E-state index is 0. The Labute approximate surface area is 62.6 Å². The zero-order chi connectivity index (χ0) is 4.50. The van der Waals surface area contributed by atoms with Crippen molar-refractivity contribution >= 4 is 9.05 Å². The van der Waals surface area contributed by atoms with E-state index in [-0.39, 0.29) is 34.1 Å². The molecular weight excluding hydrogens is 204 g/mol. The van der Waals surface area contributed by atoms with Gasteiger partial charge >= 0.3 is 9.05 Å². The monoisotopic (exact) mass is 208 g/mol. The fourth-order valence-corrected chi connectivity index (χ4v) is 0. The van der Waals surface area contributed by atoms with Crippen molar-refractivity contribution in [2.24, 2.45) is 0 Å². The molecule has 0 aliphatic carbocycles. The Hall–Kier alpha value is 1.10. The first kappa shape index (κ1) is 15.7. The first-order valence-corrected chi connectivity index (χ1v) is 2.68. The van der Waals surface area contributed by atoms with Gasteiger partial charge in [-0.1, -0.05) is 0 Å². The van der Waals surface area contributed by atoms with Crippen LogP contribution in [-0.2, 0) is 34.1 Å². The molecule has 0 rings (SSSR count). The molecule has 0 heterocycles. The molecular formula is H4Fe2O4Si. The maximum atomic E-state index is 7.33. The van der Waals surface area contributed by atoms with Crippen LogP contribution in [0.5, 0.6) is 0 Å². The Balaban J connectivity index is -0.0000000800. The van der Waals surface area contributed by atoms with Gasteiger partial charge in [-0.25, -0.2) is 0 Å². The molecule has 48 valence electrons. The minimum Gasteiger partial charge on any atom is -0.368 e. The number of hydrogen-bond donors (Lipinski definition) is 4. The van der Waals surface area contributed by atoms with Gasteiger partial charge in [0.2, 0.25) is 0 Å². The molecule has 0 spiro atoms. The smallest absolute Gasteiger partial charge is 0.368 e. The van der Waals surface area contributed by atoms with Gasteiger partial charge in [0.05, 0.1) is 0 Å². The molecule has 0 atom stereocenters. The molecule has 0 saturated heterocycles. The molecule has 0 saturated carbocycles. The third-order valence-corrected chi connectivity index (χ3v) is 0. The van der Waals surface area contributed by atoms with Crippen LogP contribution in [0.3, 0.4) is 0 Å². The van der Waals surface area contributed by atoms with Crippen LogP contribution in [0.1, 0.15) is 0 Å². The van der Waals surface area contributed by atoms with Gasteiger partial charge in [-0.05, 0) is 0 Å². The molecule has 7 heavy (non-hydrogen) atoms. The largest absolute Gasteiger partial charge is 0.668 e. The summed E-state index contributed by atoms with van der Waals surface area (Å²) in [7, 11) is -4.61. The molecule has 0 unspecified atom stereocenters. The van der Waals surface area contributed by atoms with Gasteiger partial charge in [-0.15, -0.1) is 0 Å². The second-order valence-electron chi connectivity index (χ2n) is 0.600. The molecule has 0 amide bonds. The Bertz CT molecular complexity index is 25.2. The van der Waals surface area contributed by atoms with Gasteiger partial charge in [0.15, 0.2) is 0 Å². The fourth-order valence-electron chi connectivity index (χ4n) is 0. The predicted molar refractivity (Wildman–Crippen MR) is 14.6 cm³/mol. The average Bonchev–Trinajstić information content (AvgIpc) is 0.722. The van der Waals surface area contributed by atoms with E-state index in [1.54, 1.807) is 0 Å². The molecule has 0 fully saturated rings. The van der Waals surface area contributed by atoms with E-state index < -0.39 is 9.05 Å². The summed E-state index contributed by atoms with van der Waals surface area (Å²) >= 11 is 0. The molecule has 0 radical (unpaired) electrons. The van der Waals surface area contributed by atoms with Gasteiger partial charge in [-0.3, -0.25) is 0 Å². The predicted octanol–water partition coefficient (Wildman–Crippen LogP) is -2.61. The van der Waals surface area contributed by atoms with E-state index in [4.69, 9.17) is 19.2 Å². The SMILES string of the molecule is O[Si](O)(O)O.[Fe].[Fe]. The topological polar surface area (TPSA) is 80.9 Å². The molecule has 0 aromatic rings. The van der Waals surface area contributed by atoms with Crippen molar-refractivity contribution in [3.05, 3.63) is 0 Å². The van der Waals surface area contributed by atoms with Crippen LogP contribution in [0.25, 0.3) is 0 Å². The van der Waals surface area contributed by atoms with Crippen LogP contribution >= 0.6 is 0 Å². The second kappa shape index (κ2) is 5.24. The van der Waals surface area contributed by atoms with Crippen LogP contribution in [0, 0.1) is 0 Å². The molecule has 0 aliphatic heterocycles. The zero-order valence-corrected chi connectivity index (χ0v) is 6.20. The third-order valence-electron chi connectivity index (χ3n) is 0. The Morgan fingerprint density at radius 2 is 0.714 bits per heavy atom. The quantitative estimate of drug-likeness (QED) is 0.328. The van der Waals surface area contributed by atoms with Gasteiger partial charge in [0, 0.05) is 34.1 Å². The van der Waals surface area contributed by atoms with Crippen molar-refractivity contribution in [3.8, 4) is 0 Å². The van der Waals surface area contributed by atoms with E-state index in [2.05, 4.69) is 0 Å². The standard InChI is InChI=1S/2Fe.H4O4Si/c;;1-5(2,3)4/h;;1-4H. The van der Waals surface area contributed by atoms with Crippen molar-refractivity contribution in [2.75, 3.05) is 0 Å². The summed E-state index contributed by atoms with van der Waals surface area (Å²) in [6.07, 6.45) is 0. The van der Waals surface area contributed by atoms with Crippen molar-refractivity contribution < 1.29 is 53.3 Å². The molecule has 0 aromatic carbocycles. The summed E-state index contributed by atoms with van der Waals surface area (Å²) in [6, 6.07) is 0. The van der Waals surface area contributed by atoms with Crippen molar-refractivity contribution in [1.82, 2.24) is 0 Å². The van der Waals surface area contributed by atoms with Crippen LogP contribution in [0.15, 0.2) is 0 Å². The first-order chi connectivity index (χ1) is 2.00. The molecule has 4 N–H and O–H groups in total. The van der Waals surface area contributed by atoms with Crippen LogP contribution < -0.4 is 0 Å². The summed E-state index contributed by atoms with van der Waals surface area (Å²) in [5.41, 5.74) is 0. The van der Waals surface area contributed by atoms with Gasteiger partial charge in [0.25, 0.3) is 0 Å². The van der Waals surface area contributed by atoms with Crippen LogP contribution in [-0.4, -0.2) is 28.2 Å². The summed E-state index contributed by atoms with van der Waals surface area (Å²) in [5.74, 6) is 0. The maximum absolute atomic E-state index is 7.33. The van der Waals surface area contributed by atoms with Crippen LogP contribution in [0.2, 0.25) is 0 Å². The van der Waals surface area contributed by atoms with E-state index in [9.17, 15) is 0 Å². The molecule has 0 aromatic heterocycles. The van der Waals surface area contributed by atoms with Crippen molar-refractivity contribution in [1.29, 1.82) is 0 Å². The Morgan fingerprint density at radius 1 is 0.714 bits per heavy atom. The van der Waals surface area contributed by atoms with Crippen molar-refractivity contribution in [2.45, 2.75) is 0 Å². The van der Waals surface area contributed by atoms with E-state index >= 15 is 0 Å². The maximum Gasteiger partial charge on any atom is 0.668 e. The minimum atomic E-state index is -4.61. The zero-order valence-electron chi connectivity index (χ0n) is 3.00. The second-order valence-corrected chi connectivity index (χ2v) is 1.80. The first-order valence-electron chi connectivity index (χ1n) is 0.894. The third kappa shape index (κ3) is 153. The van der Waals surface area contributed by atoms with Crippen molar-refractivity contribution in [3.63, 3.8) is 0 Å². The molecule has 4 nitrogen and oxygen atoms in total. The summed E-state index contributed by atoms with van der Waals surface area (Å²) in [4.78, 5) is 29.3. The number of rotatable bonds is 0. The molecule has 7 heteroatoms. The molecule has 0 aliphatic rings. The summed E-state index contributed by atoms with van der Waals surface area (Å²) < 4.78 is 0. The van der Waals surface area contributed by atoms with E-state index in [0.717, 1.165) is 0 Å². The Morgan fingerprint density at radius 3 is 0.714 bits per heavy atom. The van der Waals surface area contributed by atoms with E-state index in [1.807, 2.05) is 0 Å². The van der Waals surface area contributed by atoms with Gasteiger partial charge in [0.1, 0.15) is 0 Å². The number of hydrogen-bond acceptors (Lipinski definition) is 4. The fraction of sp³-hybridized carbons (Fsp3) is 0. The van der Waals surface area contributed by atoms with Crippen LogP contribution in [0.4, 0.5) is 0 Å².